The van der Waals surface area contributed by atoms with E-state index in [4.69, 9.17) is 0 Å². The van der Waals surface area contributed by atoms with Crippen LogP contribution in [0.25, 0.3) is 0 Å². The van der Waals surface area contributed by atoms with Crippen LogP contribution in [0.3, 0.4) is 0 Å². The average Bonchev–Trinajstić information content (AvgIpc) is 3.14. The molecule has 0 radical (unpaired) electrons. The van der Waals surface area contributed by atoms with Gasteiger partial charge in [0.25, 0.3) is 5.91 Å². The minimum Gasteiger partial charge on any atom is -0.369 e. The van der Waals surface area contributed by atoms with Crippen molar-refractivity contribution >= 4 is 11.6 Å². The molecule has 1 amide bonds. The van der Waals surface area contributed by atoms with Crippen LogP contribution >= 0.6 is 0 Å². The molecule has 2 aliphatic heterocycles. The number of aryl methyl sites for hydroxylation is 2. The molecule has 0 bridgehead atoms. The van der Waals surface area contributed by atoms with Crippen LogP contribution in [0, 0.1) is 13.8 Å². The first kappa shape index (κ1) is 18.1. The number of nitrogens with zero attached hydrogens (tertiary/aromatic N) is 3. The van der Waals surface area contributed by atoms with Gasteiger partial charge in [0, 0.05) is 57.2 Å². The lowest BCUT2D eigenvalue weighted by Crippen LogP contribution is -2.56. The van der Waals surface area contributed by atoms with Crippen LogP contribution in [-0.4, -0.2) is 66.0 Å². The normalized spacial score (nSPS) is 21.5. The van der Waals surface area contributed by atoms with Crippen LogP contribution in [0.15, 0.2) is 36.5 Å². The summed E-state index contributed by atoms with van der Waals surface area (Å²) in [5.74, 6) is 0.145. The molecule has 2 aromatic rings. The first-order valence-electron chi connectivity index (χ1n) is 10.1. The summed E-state index contributed by atoms with van der Waals surface area (Å²) in [6, 6.07) is 11.1. The predicted octanol–water partition coefficient (Wildman–Crippen LogP) is 3.06. The smallest absolute Gasteiger partial charge is 0.270 e. The quantitative estimate of drug-likeness (QED) is 0.908. The van der Waals surface area contributed by atoms with E-state index in [0.29, 0.717) is 6.04 Å². The zero-order valence-corrected chi connectivity index (χ0v) is 16.4. The monoisotopic (exact) mass is 366 g/mol. The number of piperazine rings is 1. The molecule has 2 fully saturated rings. The highest BCUT2D eigenvalue weighted by atomic mass is 16.2. The van der Waals surface area contributed by atoms with Gasteiger partial charge in [-0.15, -0.1) is 0 Å². The third-order valence-corrected chi connectivity index (χ3v) is 6.03. The van der Waals surface area contributed by atoms with Crippen molar-refractivity contribution in [1.29, 1.82) is 0 Å². The second kappa shape index (κ2) is 7.77. The Morgan fingerprint density at radius 2 is 1.85 bits per heavy atom. The zero-order valence-electron chi connectivity index (χ0n) is 16.4. The maximum Gasteiger partial charge on any atom is 0.270 e. The minimum atomic E-state index is 0.145. The number of nitrogens with one attached hydrogen (secondary N) is 1. The molecule has 1 unspecified atom stereocenters. The summed E-state index contributed by atoms with van der Waals surface area (Å²) in [7, 11) is 0. The lowest BCUT2D eigenvalue weighted by molar-refractivity contribution is 0.0559. The number of rotatable bonds is 3. The molecule has 0 aliphatic carbocycles. The number of likely N-dealkylation sites (tertiary alicyclic amines) is 1. The van der Waals surface area contributed by atoms with Gasteiger partial charge in [0.2, 0.25) is 0 Å². The van der Waals surface area contributed by atoms with Gasteiger partial charge in [-0.1, -0.05) is 18.2 Å². The molecule has 1 atom stereocenters. The molecule has 5 nitrogen and oxygen atoms in total. The van der Waals surface area contributed by atoms with Gasteiger partial charge >= 0.3 is 0 Å². The van der Waals surface area contributed by atoms with Crippen LogP contribution in [-0.2, 0) is 0 Å². The molecule has 0 spiro atoms. The molecule has 1 aromatic carbocycles. The van der Waals surface area contributed by atoms with E-state index in [1.807, 2.05) is 24.1 Å². The van der Waals surface area contributed by atoms with Crippen molar-refractivity contribution in [2.75, 3.05) is 44.2 Å². The van der Waals surface area contributed by atoms with Gasteiger partial charge in [-0.3, -0.25) is 9.69 Å². The van der Waals surface area contributed by atoms with Gasteiger partial charge in [0.1, 0.15) is 5.69 Å². The van der Waals surface area contributed by atoms with E-state index in [9.17, 15) is 4.79 Å². The van der Waals surface area contributed by atoms with Gasteiger partial charge in [0.15, 0.2) is 0 Å². The maximum absolute atomic E-state index is 12.8. The van der Waals surface area contributed by atoms with Crippen LogP contribution in [0.2, 0.25) is 0 Å². The van der Waals surface area contributed by atoms with Crippen LogP contribution in [0.4, 0.5) is 5.69 Å². The molecule has 1 N–H and O–H groups in total. The minimum absolute atomic E-state index is 0.145. The number of carbonyl (C=O) groups is 1. The summed E-state index contributed by atoms with van der Waals surface area (Å²) >= 11 is 0. The molecule has 27 heavy (non-hydrogen) atoms. The lowest BCUT2D eigenvalue weighted by atomic mass is 10.0. The summed E-state index contributed by atoms with van der Waals surface area (Å²) in [4.78, 5) is 23.0. The van der Waals surface area contributed by atoms with E-state index in [-0.39, 0.29) is 5.91 Å². The van der Waals surface area contributed by atoms with Gasteiger partial charge < -0.3 is 14.8 Å². The zero-order chi connectivity index (χ0) is 18.8. The predicted molar refractivity (Wildman–Crippen MR) is 109 cm³/mol. The van der Waals surface area contributed by atoms with E-state index in [2.05, 4.69) is 46.0 Å². The number of aromatic amines is 1. The number of piperidine rings is 1. The summed E-state index contributed by atoms with van der Waals surface area (Å²) in [5.41, 5.74) is 4.54. The highest BCUT2D eigenvalue weighted by molar-refractivity contribution is 5.92. The van der Waals surface area contributed by atoms with Crippen molar-refractivity contribution < 1.29 is 4.79 Å². The first-order chi connectivity index (χ1) is 13.1. The Balaban J connectivity index is 1.36. The van der Waals surface area contributed by atoms with Crippen molar-refractivity contribution in [3.05, 3.63) is 53.3 Å². The molecule has 5 heteroatoms. The van der Waals surface area contributed by atoms with Crippen molar-refractivity contribution in [3.63, 3.8) is 0 Å². The Labute approximate surface area is 162 Å². The first-order valence-corrected chi connectivity index (χ1v) is 10.1. The van der Waals surface area contributed by atoms with Gasteiger partial charge in [-0.25, -0.2) is 0 Å². The van der Waals surface area contributed by atoms with E-state index >= 15 is 0 Å². The van der Waals surface area contributed by atoms with Gasteiger partial charge in [0.05, 0.1) is 0 Å². The Kier molecular flexibility index (Phi) is 5.21. The molecule has 2 aliphatic rings. The topological polar surface area (TPSA) is 42.6 Å². The summed E-state index contributed by atoms with van der Waals surface area (Å²) in [5, 5.41) is 0. The highest BCUT2D eigenvalue weighted by Gasteiger charge is 2.30. The number of aromatic nitrogens is 1. The highest BCUT2D eigenvalue weighted by Crippen LogP contribution is 2.24. The molecule has 3 heterocycles. The Morgan fingerprint density at radius 1 is 1.07 bits per heavy atom. The summed E-state index contributed by atoms with van der Waals surface area (Å²) < 4.78 is 0. The largest absolute Gasteiger partial charge is 0.369 e. The molecule has 0 saturated carbocycles. The van der Waals surface area contributed by atoms with Gasteiger partial charge in [-0.05, 0) is 49.9 Å². The van der Waals surface area contributed by atoms with Crippen molar-refractivity contribution in [3.8, 4) is 0 Å². The van der Waals surface area contributed by atoms with Crippen molar-refractivity contribution in [2.24, 2.45) is 0 Å². The number of para-hydroxylation sites is 1. The number of benzene rings is 1. The fourth-order valence-electron chi connectivity index (χ4n) is 4.48. The van der Waals surface area contributed by atoms with Crippen LogP contribution in [0.1, 0.15) is 34.5 Å². The molecule has 4 rings (SSSR count). The number of hydrogen-bond donors (Lipinski definition) is 1. The van der Waals surface area contributed by atoms with E-state index in [1.165, 1.54) is 17.7 Å². The average molecular weight is 367 g/mol. The number of hydrogen-bond acceptors (Lipinski definition) is 3. The van der Waals surface area contributed by atoms with Crippen LogP contribution in [0.5, 0.6) is 0 Å². The number of carbonyl (C=O) groups excluding carboxylic acids is 1. The fraction of sp³-hybridized carbons (Fsp3) is 0.500. The van der Waals surface area contributed by atoms with Crippen molar-refractivity contribution in [1.82, 2.24) is 14.8 Å². The number of amides is 1. The summed E-state index contributed by atoms with van der Waals surface area (Å²) in [6.07, 6.45) is 4.19. The van der Waals surface area contributed by atoms with E-state index in [0.717, 1.165) is 56.9 Å². The third-order valence-electron chi connectivity index (χ3n) is 6.03. The summed E-state index contributed by atoms with van der Waals surface area (Å²) in [6.45, 7) is 10.2. The number of anilines is 1. The maximum atomic E-state index is 12.8. The Bertz CT molecular complexity index is 791. The SMILES string of the molecule is Cc1c[nH]c(C(=O)N2CCCC(N3CCN(c4ccccc4C)CC3)C2)c1. The Morgan fingerprint density at radius 3 is 2.56 bits per heavy atom. The number of H-pyrrole nitrogens is 1. The third kappa shape index (κ3) is 3.88. The molecule has 1 aromatic heterocycles. The standard InChI is InChI=1S/C22H30N4O/c1-17-14-20(23-15-17)22(27)26-9-5-7-19(16-26)24-10-12-25(13-11-24)21-8-4-3-6-18(21)2/h3-4,6,8,14-15,19,23H,5,7,9-13,16H2,1-2H3. The fourth-order valence-corrected chi connectivity index (χ4v) is 4.48. The van der Waals surface area contributed by atoms with Crippen molar-refractivity contribution in [2.45, 2.75) is 32.7 Å². The molecular weight excluding hydrogens is 336 g/mol. The lowest BCUT2D eigenvalue weighted by Gasteiger charge is -2.44. The molecule has 144 valence electrons. The van der Waals surface area contributed by atoms with E-state index in [1.54, 1.807) is 0 Å². The van der Waals surface area contributed by atoms with Gasteiger partial charge in [-0.2, -0.15) is 0 Å². The molecule has 2 saturated heterocycles. The molecular formula is C22H30N4O. The second-order valence-corrected chi connectivity index (χ2v) is 7.95. The van der Waals surface area contributed by atoms with Crippen LogP contribution < -0.4 is 4.90 Å². The second-order valence-electron chi connectivity index (χ2n) is 7.95. The Hall–Kier alpha value is -2.27. The van der Waals surface area contributed by atoms with E-state index < -0.39 is 0 Å².